The third-order valence-electron chi connectivity index (χ3n) is 0.583. The van der Waals surface area contributed by atoms with Gasteiger partial charge in [-0.1, -0.05) is 0 Å². The lowest BCUT2D eigenvalue weighted by molar-refractivity contribution is -0.286. The first-order valence-corrected chi connectivity index (χ1v) is 2.38. The fourth-order valence-corrected chi connectivity index (χ4v) is 0.0758. The SMILES string of the molecule is COF.FCC(F)(F)C(F)(F)F. The van der Waals surface area contributed by atoms with Gasteiger partial charge in [-0.25, -0.2) is 4.39 Å². The lowest BCUT2D eigenvalue weighted by atomic mass is 10.4. The summed E-state index contributed by atoms with van der Waals surface area (Å²) in [6.07, 6.45) is -5.76. The van der Waals surface area contributed by atoms with Gasteiger partial charge in [0.25, 0.3) is 0 Å². The highest BCUT2D eigenvalue weighted by molar-refractivity contribution is 4.73. The molecule has 0 aromatic rings. The smallest absolute Gasteiger partial charge is 0.244 e. The molecule has 0 aliphatic heterocycles. The highest BCUT2D eigenvalue weighted by Gasteiger charge is 2.57. The van der Waals surface area contributed by atoms with Gasteiger partial charge in [0.1, 0.15) is 0 Å². The molecule has 0 heterocycles. The van der Waals surface area contributed by atoms with Crippen molar-refractivity contribution in [3.63, 3.8) is 0 Å². The zero-order valence-corrected chi connectivity index (χ0v) is 5.76. The molecule has 0 amide bonds. The molecule has 0 aromatic carbocycles. The van der Waals surface area contributed by atoms with Gasteiger partial charge in [0.05, 0.1) is 7.11 Å². The second-order valence-electron chi connectivity index (χ2n) is 1.49. The molecule has 0 aliphatic rings. The minimum Gasteiger partial charge on any atom is -0.244 e. The fourth-order valence-electron chi connectivity index (χ4n) is 0.0758. The first kappa shape index (κ1) is 14.0. The second-order valence-corrected chi connectivity index (χ2v) is 1.49. The summed E-state index contributed by atoms with van der Waals surface area (Å²) in [6.45, 7) is -2.70. The van der Waals surface area contributed by atoms with Crippen molar-refractivity contribution in [1.29, 1.82) is 0 Å². The Kier molecular flexibility index (Phi) is 6.05. The molecule has 76 valence electrons. The van der Waals surface area contributed by atoms with Crippen molar-refractivity contribution >= 4 is 0 Å². The molecule has 0 unspecified atom stereocenters. The fraction of sp³-hybridized carbons (Fsp3) is 1.00. The molecule has 0 aromatic heterocycles. The molecule has 12 heavy (non-hydrogen) atoms. The van der Waals surface area contributed by atoms with Gasteiger partial charge in [-0.15, -0.1) is 0 Å². The Balaban J connectivity index is 0. The molecule has 0 atom stereocenters. The van der Waals surface area contributed by atoms with Crippen molar-refractivity contribution in [2.24, 2.45) is 0 Å². The van der Waals surface area contributed by atoms with Crippen molar-refractivity contribution in [2.45, 2.75) is 12.1 Å². The average molecular weight is 202 g/mol. The molecule has 8 heteroatoms. The molecule has 0 spiro atoms. The Labute approximate surface area is 63.0 Å². The van der Waals surface area contributed by atoms with E-state index in [1.807, 2.05) is 0 Å². The molecule has 0 radical (unpaired) electrons. The van der Waals surface area contributed by atoms with Crippen LogP contribution in [0.5, 0.6) is 0 Å². The summed E-state index contributed by atoms with van der Waals surface area (Å²) in [5.41, 5.74) is 0. The maximum Gasteiger partial charge on any atom is 0.456 e. The van der Waals surface area contributed by atoms with Crippen molar-refractivity contribution in [3.8, 4) is 0 Å². The highest BCUT2D eigenvalue weighted by atomic mass is 19.4. The Hall–Kier alpha value is -0.530. The Morgan fingerprint density at radius 2 is 1.33 bits per heavy atom. The maximum absolute atomic E-state index is 11.2. The molecule has 0 N–H and O–H groups in total. The van der Waals surface area contributed by atoms with Crippen LogP contribution < -0.4 is 0 Å². The molecule has 0 saturated carbocycles. The number of hydrogen-bond donors (Lipinski definition) is 0. The van der Waals surface area contributed by atoms with Crippen molar-refractivity contribution < 1.29 is 35.8 Å². The van der Waals surface area contributed by atoms with Crippen LogP contribution >= 0.6 is 0 Å². The van der Waals surface area contributed by atoms with E-state index in [0.717, 1.165) is 7.11 Å². The van der Waals surface area contributed by atoms with Crippen LogP contribution in [0.4, 0.5) is 30.9 Å². The van der Waals surface area contributed by atoms with Gasteiger partial charge in [0, 0.05) is 0 Å². The van der Waals surface area contributed by atoms with E-state index in [1.165, 1.54) is 0 Å². The number of halogens is 7. The largest absolute Gasteiger partial charge is 0.456 e. The average Bonchev–Trinajstić information content (AvgIpc) is 1.87. The van der Waals surface area contributed by atoms with E-state index in [2.05, 4.69) is 4.94 Å². The van der Waals surface area contributed by atoms with E-state index in [4.69, 9.17) is 0 Å². The van der Waals surface area contributed by atoms with Crippen molar-refractivity contribution in [2.75, 3.05) is 13.8 Å². The topological polar surface area (TPSA) is 9.23 Å². The minimum atomic E-state index is -5.76. The molecular formula is C4H5F7O. The summed E-state index contributed by atoms with van der Waals surface area (Å²) in [7, 11) is 0.958. The molecule has 1 nitrogen and oxygen atoms in total. The summed E-state index contributed by atoms with van der Waals surface area (Å²) in [6, 6.07) is 0. The van der Waals surface area contributed by atoms with E-state index < -0.39 is 18.8 Å². The van der Waals surface area contributed by atoms with Crippen LogP contribution in [0.25, 0.3) is 0 Å². The summed E-state index contributed by atoms with van der Waals surface area (Å²) < 4.78 is 75.4. The first-order chi connectivity index (χ1) is 5.22. The Morgan fingerprint density at radius 1 is 1.08 bits per heavy atom. The van der Waals surface area contributed by atoms with Crippen LogP contribution in [-0.4, -0.2) is 25.9 Å². The van der Waals surface area contributed by atoms with Gasteiger partial charge in [-0.3, -0.25) is 0 Å². The van der Waals surface area contributed by atoms with Gasteiger partial charge < -0.3 is 0 Å². The quantitative estimate of drug-likeness (QED) is 0.594. The number of hydrogen-bond acceptors (Lipinski definition) is 1. The van der Waals surface area contributed by atoms with Gasteiger partial charge in [-0.05, 0) is 4.53 Å². The highest BCUT2D eigenvalue weighted by Crippen LogP contribution is 2.35. The number of rotatable bonds is 1. The molecule has 0 aliphatic carbocycles. The number of alkyl halides is 6. The van der Waals surface area contributed by atoms with E-state index in [9.17, 15) is 30.9 Å². The molecule has 0 bridgehead atoms. The normalized spacial score (nSPS) is 12.0. The third-order valence-corrected chi connectivity index (χ3v) is 0.583. The van der Waals surface area contributed by atoms with Gasteiger partial charge in [0.15, 0.2) is 6.67 Å². The summed E-state index contributed by atoms with van der Waals surface area (Å²) >= 11 is 0. The Morgan fingerprint density at radius 3 is 1.33 bits per heavy atom. The van der Waals surface area contributed by atoms with E-state index in [0.29, 0.717) is 0 Å². The van der Waals surface area contributed by atoms with Gasteiger partial charge in [-0.2, -0.15) is 26.9 Å². The van der Waals surface area contributed by atoms with Crippen molar-refractivity contribution in [3.05, 3.63) is 0 Å². The van der Waals surface area contributed by atoms with Crippen LogP contribution in [0.1, 0.15) is 0 Å². The predicted octanol–water partition coefficient (Wildman–Crippen LogP) is 2.67. The predicted molar refractivity (Wildman–Crippen MR) is 25.1 cm³/mol. The monoisotopic (exact) mass is 202 g/mol. The van der Waals surface area contributed by atoms with Crippen molar-refractivity contribution in [1.82, 2.24) is 0 Å². The van der Waals surface area contributed by atoms with E-state index >= 15 is 0 Å². The summed E-state index contributed by atoms with van der Waals surface area (Å²) in [5.74, 6) is -5.19. The molecule has 0 rings (SSSR count). The summed E-state index contributed by atoms with van der Waals surface area (Å²) in [5, 5.41) is 0. The summed E-state index contributed by atoms with van der Waals surface area (Å²) in [4.78, 5) is 2.75. The standard InChI is InChI=1S/C3H2F6.CH3FO/c4-1-2(5,6)3(7,8)9;1-3-2/h1H2;1H3. The van der Waals surface area contributed by atoms with Crippen LogP contribution in [0.3, 0.4) is 0 Å². The lowest BCUT2D eigenvalue weighted by Gasteiger charge is -2.14. The zero-order chi connectivity index (χ0) is 10.4. The van der Waals surface area contributed by atoms with Gasteiger partial charge >= 0.3 is 12.1 Å². The zero-order valence-electron chi connectivity index (χ0n) is 5.76. The van der Waals surface area contributed by atoms with Crippen LogP contribution in [-0.2, 0) is 4.94 Å². The molecular weight excluding hydrogens is 197 g/mol. The van der Waals surface area contributed by atoms with Crippen LogP contribution in [0, 0.1) is 0 Å². The van der Waals surface area contributed by atoms with E-state index in [-0.39, 0.29) is 0 Å². The third kappa shape index (κ3) is 5.16. The van der Waals surface area contributed by atoms with Gasteiger partial charge in [0.2, 0.25) is 0 Å². The Bertz CT molecular complexity index is 108. The first-order valence-electron chi connectivity index (χ1n) is 2.38. The molecule has 0 saturated heterocycles. The van der Waals surface area contributed by atoms with Crippen LogP contribution in [0.2, 0.25) is 0 Å². The lowest BCUT2D eigenvalue weighted by Crippen LogP contribution is -2.38. The second kappa shape index (κ2) is 5.18. The van der Waals surface area contributed by atoms with Crippen LogP contribution in [0.15, 0.2) is 0 Å². The maximum atomic E-state index is 11.2. The molecule has 0 fully saturated rings. The minimum absolute atomic E-state index is 0.958. The van der Waals surface area contributed by atoms with E-state index in [1.54, 1.807) is 0 Å².